The minimum Gasteiger partial charge on any atom is -0.423 e. The van der Waals surface area contributed by atoms with Crippen molar-refractivity contribution in [2.75, 3.05) is 0 Å². The Bertz CT molecular complexity index is 1030. The van der Waals surface area contributed by atoms with E-state index >= 15 is 0 Å². The molecule has 0 unspecified atom stereocenters. The van der Waals surface area contributed by atoms with Crippen LogP contribution in [0.2, 0.25) is 0 Å². The van der Waals surface area contributed by atoms with Gasteiger partial charge in [-0.3, -0.25) is 0 Å². The van der Waals surface area contributed by atoms with Crippen LogP contribution < -0.4 is 9.46 Å². The van der Waals surface area contributed by atoms with Crippen molar-refractivity contribution in [3.05, 3.63) is 60.4 Å². The topological polar surface area (TPSA) is 116 Å². The zero-order chi connectivity index (χ0) is 19.4. The summed E-state index contributed by atoms with van der Waals surface area (Å²) >= 11 is 0. The standard InChI is InChI=1S/C17H17N5O4S/c1-12(2)19-27(24,25)16-5-3-4-13(10-16)17(23)26-15-8-6-14(7-9-15)22-11-18-20-21-22/h3-12,19H,1-2H3. The van der Waals surface area contributed by atoms with E-state index in [1.165, 1.54) is 35.3 Å². The molecule has 1 N–H and O–H groups in total. The van der Waals surface area contributed by atoms with Crippen LogP contribution in [-0.4, -0.2) is 40.6 Å². The number of carbonyl (C=O) groups is 1. The summed E-state index contributed by atoms with van der Waals surface area (Å²) in [6.45, 7) is 3.43. The van der Waals surface area contributed by atoms with Crippen molar-refractivity contribution in [1.29, 1.82) is 0 Å². The molecule has 1 heterocycles. The van der Waals surface area contributed by atoms with Gasteiger partial charge in [-0.25, -0.2) is 22.6 Å². The molecule has 0 spiro atoms. The second-order valence-corrected chi connectivity index (χ2v) is 7.66. The molecule has 0 saturated heterocycles. The van der Waals surface area contributed by atoms with Gasteiger partial charge in [0, 0.05) is 6.04 Å². The minimum atomic E-state index is -3.70. The van der Waals surface area contributed by atoms with Gasteiger partial charge in [0.15, 0.2) is 0 Å². The monoisotopic (exact) mass is 387 g/mol. The number of benzene rings is 2. The molecule has 0 aliphatic rings. The molecule has 140 valence electrons. The Balaban J connectivity index is 1.76. The molecule has 2 aromatic carbocycles. The fourth-order valence-electron chi connectivity index (χ4n) is 2.28. The number of nitrogens with one attached hydrogen (secondary N) is 1. The normalized spacial score (nSPS) is 11.5. The van der Waals surface area contributed by atoms with Crippen LogP contribution in [0, 0.1) is 0 Å². The second-order valence-electron chi connectivity index (χ2n) is 5.94. The molecule has 0 fully saturated rings. The summed E-state index contributed by atoms with van der Waals surface area (Å²) in [5.41, 5.74) is 0.832. The largest absolute Gasteiger partial charge is 0.423 e. The van der Waals surface area contributed by atoms with Crippen molar-refractivity contribution in [3.8, 4) is 11.4 Å². The van der Waals surface area contributed by atoms with E-state index in [1.807, 2.05) is 0 Å². The zero-order valence-electron chi connectivity index (χ0n) is 14.6. The minimum absolute atomic E-state index is 0.000296. The molecular formula is C17H17N5O4S. The van der Waals surface area contributed by atoms with E-state index < -0.39 is 16.0 Å². The molecule has 0 bridgehead atoms. The maximum absolute atomic E-state index is 12.4. The van der Waals surface area contributed by atoms with Crippen molar-refractivity contribution < 1.29 is 17.9 Å². The number of ether oxygens (including phenoxy) is 1. The van der Waals surface area contributed by atoms with E-state index in [-0.39, 0.29) is 16.5 Å². The van der Waals surface area contributed by atoms with Gasteiger partial charge in [0.25, 0.3) is 0 Å². The first-order valence-electron chi connectivity index (χ1n) is 8.03. The number of hydrogen-bond donors (Lipinski definition) is 1. The Kier molecular flexibility index (Phi) is 5.28. The third-order valence-electron chi connectivity index (χ3n) is 3.43. The van der Waals surface area contributed by atoms with E-state index in [9.17, 15) is 13.2 Å². The summed E-state index contributed by atoms with van der Waals surface area (Å²) in [7, 11) is -3.70. The van der Waals surface area contributed by atoms with Crippen molar-refractivity contribution in [1.82, 2.24) is 24.9 Å². The van der Waals surface area contributed by atoms with Crippen LogP contribution in [0.3, 0.4) is 0 Å². The van der Waals surface area contributed by atoms with E-state index in [4.69, 9.17) is 4.74 Å². The van der Waals surface area contributed by atoms with Crippen molar-refractivity contribution in [2.45, 2.75) is 24.8 Å². The maximum Gasteiger partial charge on any atom is 0.343 e. The summed E-state index contributed by atoms with van der Waals surface area (Å²) in [5, 5.41) is 10.9. The van der Waals surface area contributed by atoms with E-state index in [0.29, 0.717) is 11.4 Å². The number of nitrogens with zero attached hydrogens (tertiary/aromatic N) is 4. The Morgan fingerprint density at radius 3 is 2.52 bits per heavy atom. The van der Waals surface area contributed by atoms with Gasteiger partial charge in [0.1, 0.15) is 12.1 Å². The number of carbonyl (C=O) groups excluding carboxylic acids is 1. The highest BCUT2D eigenvalue weighted by Crippen LogP contribution is 2.18. The molecule has 10 heteroatoms. The van der Waals surface area contributed by atoms with Gasteiger partial charge in [0.2, 0.25) is 10.0 Å². The van der Waals surface area contributed by atoms with Gasteiger partial charge in [-0.15, -0.1) is 5.10 Å². The fraction of sp³-hybridized carbons (Fsp3) is 0.176. The van der Waals surface area contributed by atoms with Gasteiger partial charge in [-0.1, -0.05) is 6.07 Å². The first-order valence-corrected chi connectivity index (χ1v) is 9.51. The molecule has 0 aliphatic carbocycles. The Labute approximate surface area is 156 Å². The molecule has 0 atom stereocenters. The first kappa shape index (κ1) is 18.7. The summed E-state index contributed by atoms with van der Waals surface area (Å²) in [4.78, 5) is 12.4. The highest BCUT2D eigenvalue weighted by atomic mass is 32.2. The third-order valence-corrected chi connectivity index (χ3v) is 5.09. The van der Waals surface area contributed by atoms with Crippen LogP contribution in [0.1, 0.15) is 24.2 Å². The van der Waals surface area contributed by atoms with E-state index in [0.717, 1.165) is 0 Å². The van der Waals surface area contributed by atoms with Gasteiger partial charge < -0.3 is 4.74 Å². The number of sulfonamides is 1. The summed E-state index contributed by atoms with van der Waals surface area (Å²) in [6.07, 6.45) is 1.44. The van der Waals surface area contributed by atoms with Crippen molar-refractivity contribution in [2.24, 2.45) is 0 Å². The number of hydrogen-bond acceptors (Lipinski definition) is 7. The first-order chi connectivity index (χ1) is 12.8. The van der Waals surface area contributed by atoms with Crippen molar-refractivity contribution in [3.63, 3.8) is 0 Å². The fourth-order valence-corrected chi connectivity index (χ4v) is 3.58. The molecule has 0 radical (unpaired) electrons. The van der Waals surface area contributed by atoms with Gasteiger partial charge in [-0.2, -0.15) is 0 Å². The SMILES string of the molecule is CC(C)NS(=O)(=O)c1cccc(C(=O)Oc2ccc(-n3cnnn3)cc2)c1. The Morgan fingerprint density at radius 2 is 1.89 bits per heavy atom. The van der Waals surface area contributed by atoms with Crippen LogP contribution in [-0.2, 0) is 10.0 Å². The average molecular weight is 387 g/mol. The van der Waals surface area contributed by atoms with Gasteiger partial charge >= 0.3 is 5.97 Å². The van der Waals surface area contributed by atoms with Crippen molar-refractivity contribution >= 4 is 16.0 Å². The lowest BCUT2D eigenvalue weighted by molar-refractivity contribution is 0.0734. The molecule has 3 aromatic rings. The predicted molar refractivity (Wildman–Crippen MR) is 96.0 cm³/mol. The summed E-state index contributed by atoms with van der Waals surface area (Å²) in [6, 6.07) is 12.0. The van der Waals surface area contributed by atoms with Crippen LogP contribution >= 0.6 is 0 Å². The highest BCUT2D eigenvalue weighted by molar-refractivity contribution is 7.89. The molecular weight excluding hydrogens is 370 g/mol. The second kappa shape index (κ2) is 7.64. The average Bonchev–Trinajstić information content (AvgIpc) is 3.16. The molecule has 27 heavy (non-hydrogen) atoms. The summed E-state index contributed by atoms with van der Waals surface area (Å²) < 4.78 is 33.7. The zero-order valence-corrected chi connectivity index (χ0v) is 15.4. The number of tetrazole rings is 1. The lowest BCUT2D eigenvalue weighted by Crippen LogP contribution is -2.30. The highest BCUT2D eigenvalue weighted by Gasteiger charge is 2.18. The Morgan fingerprint density at radius 1 is 1.15 bits per heavy atom. The lowest BCUT2D eigenvalue weighted by atomic mass is 10.2. The van der Waals surface area contributed by atoms with Crippen LogP contribution in [0.15, 0.2) is 59.8 Å². The quantitative estimate of drug-likeness (QED) is 0.504. The molecule has 3 rings (SSSR count). The van der Waals surface area contributed by atoms with Crippen LogP contribution in [0.4, 0.5) is 0 Å². The number of aromatic nitrogens is 4. The molecule has 0 amide bonds. The van der Waals surface area contributed by atoms with Gasteiger partial charge in [-0.05, 0) is 66.7 Å². The molecule has 0 aliphatic heterocycles. The predicted octanol–water partition coefficient (Wildman–Crippen LogP) is 1.57. The van der Waals surface area contributed by atoms with Crippen LogP contribution in [0.25, 0.3) is 5.69 Å². The molecule has 9 nitrogen and oxygen atoms in total. The number of esters is 1. The molecule has 0 saturated carbocycles. The summed E-state index contributed by atoms with van der Waals surface area (Å²) in [5.74, 6) is -0.350. The lowest BCUT2D eigenvalue weighted by Gasteiger charge is -2.10. The van der Waals surface area contributed by atoms with Crippen LogP contribution in [0.5, 0.6) is 5.75 Å². The van der Waals surface area contributed by atoms with E-state index in [1.54, 1.807) is 38.1 Å². The van der Waals surface area contributed by atoms with E-state index in [2.05, 4.69) is 20.2 Å². The maximum atomic E-state index is 12.4. The Hall–Kier alpha value is -3.11. The van der Waals surface area contributed by atoms with Gasteiger partial charge in [0.05, 0.1) is 16.1 Å². The smallest absolute Gasteiger partial charge is 0.343 e. The molecule has 1 aromatic heterocycles. The third kappa shape index (κ3) is 4.54. The number of rotatable bonds is 6.